The third kappa shape index (κ3) is 2.82. The van der Waals surface area contributed by atoms with Crippen LogP contribution in [0.25, 0.3) is 0 Å². The van der Waals surface area contributed by atoms with Gasteiger partial charge in [0.15, 0.2) is 0 Å². The van der Waals surface area contributed by atoms with Crippen molar-refractivity contribution in [1.82, 2.24) is 19.4 Å². The maximum Gasteiger partial charge on any atom is 0.330 e. The molecule has 2 heterocycles. The van der Waals surface area contributed by atoms with Crippen LogP contribution in [0.4, 0.5) is 0 Å². The van der Waals surface area contributed by atoms with Crippen LogP contribution < -0.4 is 16.6 Å². The monoisotopic (exact) mass is 280 g/mol. The van der Waals surface area contributed by atoms with E-state index in [9.17, 15) is 14.4 Å². The molecular formula is C13H20N4O3. The number of hydrogen-bond donors (Lipinski definition) is 1. The number of rotatable bonds is 4. The second-order valence-electron chi connectivity index (χ2n) is 5.39. The van der Waals surface area contributed by atoms with Gasteiger partial charge in [0, 0.05) is 33.8 Å². The molecule has 0 aromatic carbocycles. The van der Waals surface area contributed by atoms with Crippen LogP contribution in [0.5, 0.6) is 0 Å². The number of nitrogens with zero attached hydrogens (tertiary/aromatic N) is 3. The number of carbonyl (C=O) groups is 1. The van der Waals surface area contributed by atoms with Crippen molar-refractivity contribution in [3.63, 3.8) is 0 Å². The molecule has 1 aliphatic rings. The van der Waals surface area contributed by atoms with Crippen molar-refractivity contribution in [3.05, 3.63) is 32.6 Å². The summed E-state index contributed by atoms with van der Waals surface area (Å²) < 4.78 is 2.41. The Morgan fingerprint density at radius 1 is 1.40 bits per heavy atom. The van der Waals surface area contributed by atoms with Gasteiger partial charge in [-0.1, -0.05) is 0 Å². The lowest BCUT2D eigenvalue weighted by atomic mass is 9.99. The van der Waals surface area contributed by atoms with Crippen LogP contribution in [0.3, 0.4) is 0 Å². The zero-order chi connectivity index (χ0) is 14.9. The molecule has 0 unspecified atom stereocenters. The van der Waals surface area contributed by atoms with Gasteiger partial charge in [-0.25, -0.2) is 4.79 Å². The summed E-state index contributed by atoms with van der Waals surface area (Å²) in [5, 5.41) is 3.12. The molecule has 0 bridgehead atoms. The summed E-state index contributed by atoms with van der Waals surface area (Å²) in [5.74, 6) is 0.417. The van der Waals surface area contributed by atoms with E-state index in [1.165, 1.54) is 17.8 Å². The van der Waals surface area contributed by atoms with E-state index in [-0.39, 0.29) is 23.7 Å². The Morgan fingerprint density at radius 2 is 2.05 bits per heavy atom. The largest absolute Gasteiger partial charge is 0.341 e. The SMILES string of the molecule is CN(Cc1cn(C)c(=O)n(C)c1=O)C(=O)CC1CNC1. The fraction of sp³-hybridized carbons (Fsp3) is 0.615. The molecule has 20 heavy (non-hydrogen) atoms. The molecule has 1 aromatic rings. The standard InChI is InChI=1S/C13H20N4O3/c1-15(11(18)4-9-5-14-6-9)7-10-8-16(2)13(20)17(3)12(10)19/h8-9,14H,4-7H2,1-3H3. The predicted molar refractivity (Wildman–Crippen MR) is 74.4 cm³/mol. The van der Waals surface area contributed by atoms with Gasteiger partial charge in [0.2, 0.25) is 5.91 Å². The first-order valence-corrected chi connectivity index (χ1v) is 6.60. The van der Waals surface area contributed by atoms with Crippen LogP contribution in [0.2, 0.25) is 0 Å². The van der Waals surface area contributed by atoms with E-state index in [1.807, 2.05) is 0 Å². The minimum Gasteiger partial charge on any atom is -0.341 e. The van der Waals surface area contributed by atoms with Crippen molar-refractivity contribution in [2.45, 2.75) is 13.0 Å². The lowest BCUT2D eigenvalue weighted by molar-refractivity contribution is -0.131. The maximum atomic E-state index is 12.0. The highest BCUT2D eigenvalue weighted by Gasteiger charge is 2.22. The molecule has 1 aliphatic heterocycles. The lowest BCUT2D eigenvalue weighted by Crippen LogP contribution is -2.45. The molecule has 1 amide bonds. The summed E-state index contributed by atoms with van der Waals surface area (Å²) in [7, 11) is 4.71. The Kier molecular flexibility index (Phi) is 4.08. The van der Waals surface area contributed by atoms with E-state index in [0.717, 1.165) is 17.7 Å². The molecule has 1 saturated heterocycles. The third-order valence-corrected chi connectivity index (χ3v) is 3.68. The Bertz CT molecular complexity index is 627. The van der Waals surface area contributed by atoms with E-state index >= 15 is 0 Å². The highest BCUT2D eigenvalue weighted by Crippen LogP contribution is 2.10. The van der Waals surface area contributed by atoms with Crippen molar-refractivity contribution in [1.29, 1.82) is 0 Å². The molecular weight excluding hydrogens is 260 g/mol. The number of hydrogen-bond acceptors (Lipinski definition) is 4. The van der Waals surface area contributed by atoms with Crippen LogP contribution in [0.1, 0.15) is 12.0 Å². The van der Waals surface area contributed by atoms with Gasteiger partial charge in [0.25, 0.3) is 5.56 Å². The molecule has 7 nitrogen and oxygen atoms in total. The summed E-state index contributed by atoms with van der Waals surface area (Å²) >= 11 is 0. The lowest BCUT2D eigenvalue weighted by Gasteiger charge is -2.28. The minimum atomic E-state index is -0.367. The molecule has 1 aromatic heterocycles. The average molecular weight is 280 g/mol. The van der Waals surface area contributed by atoms with Crippen LogP contribution in [-0.4, -0.2) is 40.1 Å². The first-order chi connectivity index (χ1) is 9.40. The molecule has 0 spiro atoms. The third-order valence-electron chi connectivity index (χ3n) is 3.68. The van der Waals surface area contributed by atoms with Gasteiger partial charge in [-0.05, 0) is 19.0 Å². The Labute approximate surface area is 116 Å². The second kappa shape index (κ2) is 5.62. The quantitative estimate of drug-likeness (QED) is 0.740. The Balaban J connectivity index is 2.11. The van der Waals surface area contributed by atoms with Gasteiger partial charge in [-0.2, -0.15) is 0 Å². The highest BCUT2D eigenvalue weighted by molar-refractivity contribution is 5.76. The fourth-order valence-corrected chi connectivity index (χ4v) is 2.23. The van der Waals surface area contributed by atoms with Crippen molar-refractivity contribution < 1.29 is 4.79 Å². The van der Waals surface area contributed by atoms with E-state index in [1.54, 1.807) is 19.0 Å². The zero-order valence-electron chi connectivity index (χ0n) is 12.0. The van der Waals surface area contributed by atoms with E-state index in [2.05, 4.69) is 5.32 Å². The smallest absolute Gasteiger partial charge is 0.330 e. The minimum absolute atomic E-state index is 0.0207. The number of nitrogens with one attached hydrogen (secondary N) is 1. The maximum absolute atomic E-state index is 12.0. The second-order valence-corrected chi connectivity index (χ2v) is 5.39. The van der Waals surface area contributed by atoms with Gasteiger partial charge in [-0.3, -0.25) is 14.2 Å². The highest BCUT2D eigenvalue weighted by atomic mass is 16.2. The van der Waals surface area contributed by atoms with E-state index in [4.69, 9.17) is 0 Å². The number of aromatic nitrogens is 2. The topological polar surface area (TPSA) is 76.3 Å². The normalized spacial score (nSPS) is 14.9. The number of carbonyl (C=O) groups excluding carboxylic acids is 1. The van der Waals surface area contributed by atoms with Gasteiger partial charge in [-0.15, -0.1) is 0 Å². The Morgan fingerprint density at radius 3 is 2.60 bits per heavy atom. The first-order valence-electron chi connectivity index (χ1n) is 6.60. The van der Waals surface area contributed by atoms with E-state index in [0.29, 0.717) is 17.9 Å². The molecule has 110 valence electrons. The molecule has 1 fully saturated rings. The molecule has 0 radical (unpaired) electrons. The van der Waals surface area contributed by atoms with Crippen molar-refractivity contribution >= 4 is 5.91 Å². The summed E-state index contributed by atoms with van der Waals surface area (Å²) in [6, 6.07) is 0. The van der Waals surface area contributed by atoms with Crippen molar-refractivity contribution in [3.8, 4) is 0 Å². The fourth-order valence-electron chi connectivity index (χ4n) is 2.23. The van der Waals surface area contributed by atoms with E-state index < -0.39 is 0 Å². The van der Waals surface area contributed by atoms with Gasteiger partial charge < -0.3 is 14.8 Å². The molecule has 7 heteroatoms. The van der Waals surface area contributed by atoms with Gasteiger partial charge in [0.05, 0.1) is 12.1 Å². The molecule has 0 saturated carbocycles. The van der Waals surface area contributed by atoms with Gasteiger partial charge in [0.1, 0.15) is 0 Å². The molecule has 0 atom stereocenters. The summed E-state index contributed by atoms with van der Waals surface area (Å²) in [5.41, 5.74) is -0.275. The number of aryl methyl sites for hydroxylation is 1. The van der Waals surface area contributed by atoms with Crippen LogP contribution >= 0.6 is 0 Å². The van der Waals surface area contributed by atoms with Crippen LogP contribution in [0, 0.1) is 5.92 Å². The first kappa shape index (κ1) is 14.5. The van der Waals surface area contributed by atoms with Crippen LogP contribution in [-0.2, 0) is 25.4 Å². The molecule has 1 N–H and O–H groups in total. The van der Waals surface area contributed by atoms with Crippen molar-refractivity contribution in [2.24, 2.45) is 20.0 Å². The Hall–Kier alpha value is -1.89. The molecule has 0 aliphatic carbocycles. The summed E-state index contributed by atoms with van der Waals surface area (Å²) in [6.07, 6.45) is 1.99. The molecule has 2 rings (SSSR count). The zero-order valence-corrected chi connectivity index (χ0v) is 12.0. The summed E-state index contributed by atoms with van der Waals surface area (Å²) in [4.78, 5) is 37.1. The number of amides is 1. The van der Waals surface area contributed by atoms with Gasteiger partial charge >= 0.3 is 5.69 Å². The van der Waals surface area contributed by atoms with Crippen LogP contribution in [0.15, 0.2) is 15.8 Å². The average Bonchev–Trinajstić information content (AvgIpc) is 2.37. The predicted octanol–water partition coefficient (Wildman–Crippen LogP) is -1.35. The summed E-state index contributed by atoms with van der Waals surface area (Å²) in [6.45, 7) is 1.97. The van der Waals surface area contributed by atoms with Crippen molar-refractivity contribution in [2.75, 3.05) is 20.1 Å².